The summed E-state index contributed by atoms with van der Waals surface area (Å²) in [4.78, 5) is 25.3. The predicted octanol–water partition coefficient (Wildman–Crippen LogP) is 5.63. The van der Waals surface area contributed by atoms with Crippen molar-refractivity contribution in [3.8, 4) is 5.69 Å². The van der Waals surface area contributed by atoms with Gasteiger partial charge in [0.05, 0.1) is 40.5 Å². The first-order chi connectivity index (χ1) is 17.4. The third-order valence-corrected chi connectivity index (χ3v) is 6.32. The van der Waals surface area contributed by atoms with Gasteiger partial charge in [-0.25, -0.2) is 9.48 Å². The Morgan fingerprint density at radius 2 is 1.69 bits per heavy atom. The minimum Gasteiger partial charge on any atom is -0.462 e. The number of esters is 1. The normalized spacial score (nSPS) is 14.6. The van der Waals surface area contributed by atoms with Gasteiger partial charge in [0.1, 0.15) is 0 Å². The second-order valence-corrected chi connectivity index (χ2v) is 8.62. The maximum Gasteiger partial charge on any atom is 0.338 e. The van der Waals surface area contributed by atoms with Crippen molar-refractivity contribution >= 4 is 40.1 Å². The van der Waals surface area contributed by atoms with E-state index in [1.54, 1.807) is 31.2 Å². The van der Waals surface area contributed by atoms with Crippen LogP contribution in [0.4, 0.5) is 5.69 Å². The van der Waals surface area contributed by atoms with Crippen LogP contribution < -0.4 is 5.01 Å². The first kappa shape index (κ1) is 23.2. The number of fused-ring (bicyclic) bond motifs is 1. The summed E-state index contributed by atoms with van der Waals surface area (Å²) in [5.74, 6) is -0.626. The number of rotatable bonds is 5. The summed E-state index contributed by atoms with van der Waals surface area (Å²) in [6.07, 6.45) is 1.87. The maximum absolute atomic E-state index is 13.3. The lowest BCUT2D eigenvalue weighted by molar-refractivity contribution is -0.114. The summed E-state index contributed by atoms with van der Waals surface area (Å²) in [5, 5.41) is 12.9. The predicted molar refractivity (Wildman–Crippen MR) is 142 cm³/mol. The third-order valence-electron chi connectivity index (χ3n) is 6.32. The molecule has 1 aliphatic rings. The highest BCUT2D eigenvalue weighted by molar-refractivity contribution is 6.32. The van der Waals surface area contributed by atoms with Crippen LogP contribution in [0.2, 0.25) is 0 Å². The van der Waals surface area contributed by atoms with Crippen LogP contribution >= 0.6 is 0 Å². The van der Waals surface area contributed by atoms with Gasteiger partial charge in [0.15, 0.2) is 0 Å². The zero-order chi connectivity index (χ0) is 25.4. The van der Waals surface area contributed by atoms with Crippen LogP contribution in [0.1, 0.15) is 41.2 Å². The highest BCUT2D eigenvalue weighted by Gasteiger charge is 2.29. The molecule has 7 nitrogen and oxygen atoms in total. The topological polar surface area (TPSA) is 76.8 Å². The number of anilines is 1. The van der Waals surface area contributed by atoms with E-state index in [-0.39, 0.29) is 5.91 Å². The number of aromatic nitrogens is 2. The Morgan fingerprint density at radius 1 is 0.972 bits per heavy atom. The van der Waals surface area contributed by atoms with Gasteiger partial charge >= 0.3 is 5.97 Å². The molecule has 0 radical (unpaired) electrons. The van der Waals surface area contributed by atoms with Crippen molar-refractivity contribution < 1.29 is 14.3 Å². The SMILES string of the molecule is CCOC(=O)c1ccc(N2N=C(C)/C(=C\c3c(C)nn(-c4cccc5ccccc45)c3C)C2=O)cc1. The van der Waals surface area contributed by atoms with Gasteiger partial charge in [0, 0.05) is 16.6 Å². The highest BCUT2D eigenvalue weighted by atomic mass is 16.5. The number of carbonyl (C=O) groups is 2. The molecular weight excluding hydrogens is 452 g/mol. The lowest BCUT2D eigenvalue weighted by Gasteiger charge is -2.12. The molecule has 0 atom stereocenters. The first-order valence-electron chi connectivity index (χ1n) is 11.8. The van der Waals surface area contributed by atoms with E-state index in [0.29, 0.717) is 29.1 Å². The summed E-state index contributed by atoms with van der Waals surface area (Å²) >= 11 is 0. The molecule has 2 heterocycles. The summed E-state index contributed by atoms with van der Waals surface area (Å²) in [6, 6.07) is 21.0. The molecule has 1 aliphatic heterocycles. The van der Waals surface area contributed by atoms with Gasteiger partial charge in [-0.2, -0.15) is 15.2 Å². The molecule has 0 bridgehead atoms. The minimum atomic E-state index is -0.397. The van der Waals surface area contributed by atoms with Crippen molar-refractivity contribution in [1.82, 2.24) is 9.78 Å². The van der Waals surface area contributed by atoms with Crippen LogP contribution in [0, 0.1) is 13.8 Å². The van der Waals surface area contributed by atoms with Crippen LogP contribution in [-0.4, -0.2) is 34.0 Å². The van der Waals surface area contributed by atoms with Crippen molar-refractivity contribution in [2.75, 3.05) is 11.6 Å². The van der Waals surface area contributed by atoms with Crippen molar-refractivity contribution in [1.29, 1.82) is 0 Å². The number of nitrogens with zero attached hydrogens (tertiary/aromatic N) is 4. The molecule has 0 aliphatic carbocycles. The lowest BCUT2D eigenvalue weighted by Crippen LogP contribution is -2.21. The lowest BCUT2D eigenvalue weighted by atomic mass is 10.1. The van der Waals surface area contributed by atoms with Crippen LogP contribution in [0.15, 0.2) is 77.4 Å². The number of aryl methyl sites for hydroxylation is 1. The van der Waals surface area contributed by atoms with E-state index < -0.39 is 5.97 Å². The van der Waals surface area contributed by atoms with Gasteiger partial charge in [-0.05, 0) is 69.5 Å². The average molecular weight is 479 g/mol. The molecule has 0 fully saturated rings. The largest absolute Gasteiger partial charge is 0.462 e. The first-order valence-corrected chi connectivity index (χ1v) is 11.8. The molecule has 0 saturated heterocycles. The van der Waals surface area contributed by atoms with Crippen molar-refractivity contribution in [3.63, 3.8) is 0 Å². The summed E-state index contributed by atoms with van der Waals surface area (Å²) in [5.41, 5.74) is 5.77. The Morgan fingerprint density at radius 3 is 2.44 bits per heavy atom. The van der Waals surface area contributed by atoms with Gasteiger partial charge in [-0.1, -0.05) is 36.4 Å². The zero-order valence-corrected chi connectivity index (χ0v) is 20.6. The molecule has 0 saturated carbocycles. The fourth-order valence-corrected chi connectivity index (χ4v) is 4.45. The Hall–Kier alpha value is -4.52. The van der Waals surface area contributed by atoms with E-state index in [0.717, 1.165) is 33.4 Å². The van der Waals surface area contributed by atoms with Crippen LogP contribution in [0.3, 0.4) is 0 Å². The molecule has 0 unspecified atom stereocenters. The number of hydrazone groups is 1. The van der Waals surface area contributed by atoms with Gasteiger partial charge in [0.2, 0.25) is 0 Å². The van der Waals surface area contributed by atoms with Gasteiger partial charge in [-0.15, -0.1) is 0 Å². The maximum atomic E-state index is 13.3. The van der Waals surface area contributed by atoms with E-state index >= 15 is 0 Å². The Labute approximate surface area is 209 Å². The smallest absolute Gasteiger partial charge is 0.338 e. The van der Waals surface area contributed by atoms with Gasteiger partial charge in [-0.3, -0.25) is 4.79 Å². The molecule has 1 amide bonds. The number of benzene rings is 3. The zero-order valence-electron chi connectivity index (χ0n) is 20.6. The summed E-state index contributed by atoms with van der Waals surface area (Å²) in [7, 11) is 0. The van der Waals surface area contributed by atoms with E-state index in [2.05, 4.69) is 23.3 Å². The van der Waals surface area contributed by atoms with Crippen LogP contribution in [0.25, 0.3) is 22.5 Å². The monoisotopic (exact) mass is 478 g/mol. The fraction of sp³-hybridized carbons (Fsp3) is 0.172. The molecule has 0 spiro atoms. The molecule has 1 aromatic heterocycles. The fourth-order valence-electron chi connectivity index (χ4n) is 4.45. The number of hydrogen-bond donors (Lipinski definition) is 0. The van der Waals surface area contributed by atoms with Crippen LogP contribution in [-0.2, 0) is 9.53 Å². The number of carbonyl (C=O) groups excluding carboxylic acids is 2. The van der Waals surface area contributed by atoms with Gasteiger partial charge in [0.25, 0.3) is 5.91 Å². The van der Waals surface area contributed by atoms with Crippen molar-refractivity contribution in [2.24, 2.45) is 5.10 Å². The summed E-state index contributed by atoms with van der Waals surface area (Å²) in [6.45, 7) is 7.83. The van der Waals surface area contributed by atoms with E-state index in [1.807, 2.05) is 55.8 Å². The van der Waals surface area contributed by atoms with Gasteiger partial charge < -0.3 is 4.74 Å². The Bertz CT molecular complexity index is 1560. The molecular formula is C29H26N4O3. The van der Waals surface area contributed by atoms with E-state index in [1.165, 1.54) is 5.01 Å². The van der Waals surface area contributed by atoms with Crippen molar-refractivity contribution in [2.45, 2.75) is 27.7 Å². The average Bonchev–Trinajstić information content (AvgIpc) is 3.33. The number of hydrogen-bond acceptors (Lipinski definition) is 5. The molecule has 3 aromatic carbocycles. The molecule has 7 heteroatoms. The third kappa shape index (κ3) is 3.98. The summed E-state index contributed by atoms with van der Waals surface area (Å²) < 4.78 is 6.96. The standard InChI is InChI=1S/C29H26N4O3/c1-5-36-29(35)22-13-15-23(16-14-22)33-28(34)26(19(3)31-33)17-25-18(2)30-32(20(25)4)27-12-8-10-21-9-6-7-11-24(21)27/h6-17H,5H2,1-4H3/b26-17+. The quantitative estimate of drug-likeness (QED) is 0.275. The van der Waals surface area contributed by atoms with Crippen molar-refractivity contribution in [3.05, 3.63) is 94.8 Å². The number of ether oxygens (including phenoxy) is 1. The molecule has 180 valence electrons. The van der Waals surface area contributed by atoms with Crippen LogP contribution in [0.5, 0.6) is 0 Å². The second kappa shape index (κ2) is 9.26. The Kier molecular flexibility index (Phi) is 5.98. The molecule has 0 N–H and O–H groups in total. The highest BCUT2D eigenvalue weighted by Crippen LogP contribution is 2.29. The number of amides is 1. The Balaban J connectivity index is 1.48. The molecule has 36 heavy (non-hydrogen) atoms. The molecule has 4 aromatic rings. The minimum absolute atomic E-state index is 0.229. The molecule has 5 rings (SSSR count). The second-order valence-electron chi connectivity index (χ2n) is 8.62. The van der Waals surface area contributed by atoms with E-state index in [9.17, 15) is 9.59 Å². The van der Waals surface area contributed by atoms with E-state index in [4.69, 9.17) is 9.84 Å².